The lowest BCUT2D eigenvalue weighted by molar-refractivity contribution is -0.138. The summed E-state index contributed by atoms with van der Waals surface area (Å²) in [6.45, 7) is 0. The van der Waals surface area contributed by atoms with Crippen molar-refractivity contribution in [3.63, 3.8) is 0 Å². The summed E-state index contributed by atoms with van der Waals surface area (Å²) < 4.78 is 20.8. The lowest BCUT2D eigenvalue weighted by atomic mass is 10.4. The van der Waals surface area contributed by atoms with Gasteiger partial charge in [-0.1, -0.05) is 6.08 Å². The van der Waals surface area contributed by atoms with Crippen LogP contribution in [0.25, 0.3) is 0 Å². The second kappa shape index (κ2) is 5.93. The molecule has 0 aliphatic heterocycles. The highest BCUT2D eigenvalue weighted by Crippen LogP contribution is 1.98. The van der Waals surface area contributed by atoms with Crippen LogP contribution in [0.2, 0.25) is 0 Å². The van der Waals surface area contributed by atoms with E-state index in [2.05, 4.69) is 9.47 Å². The first kappa shape index (κ1) is 11.4. The van der Waals surface area contributed by atoms with E-state index in [1.54, 1.807) is 0 Å². The molecular formula is C8H9FO4. The molecule has 0 aromatic heterocycles. The Hall–Kier alpha value is -1.65. The minimum absolute atomic E-state index is 0.631. The smallest absolute Gasteiger partial charge is 0.366 e. The maximum atomic E-state index is 12.5. The largest absolute Gasteiger partial charge is 0.466 e. The molecule has 0 saturated carbocycles. The van der Waals surface area contributed by atoms with Gasteiger partial charge >= 0.3 is 11.9 Å². The molecule has 0 heterocycles. The number of halogens is 1. The quantitative estimate of drug-likeness (QED) is 0.372. The van der Waals surface area contributed by atoms with E-state index < -0.39 is 17.8 Å². The fraction of sp³-hybridized carbons (Fsp3) is 0.250. The van der Waals surface area contributed by atoms with Crippen molar-refractivity contribution in [2.24, 2.45) is 0 Å². The molecular weight excluding hydrogens is 179 g/mol. The van der Waals surface area contributed by atoms with E-state index in [4.69, 9.17) is 0 Å². The number of hydrogen-bond donors (Lipinski definition) is 0. The van der Waals surface area contributed by atoms with E-state index in [0.29, 0.717) is 0 Å². The molecule has 5 heteroatoms. The van der Waals surface area contributed by atoms with Crippen LogP contribution in [0.1, 0.15) is 0 Å². The van der Waals surface area contributed by atoms with Crippen LogP contribution in [-0.2, 0) is 19.1 Å². The van der Waals surface area contributed by atoms with Crippen molar-refractivity contribution in [1.82, 2.24) is 0 Å². The van der Waals surface area contributed by atoms with Crippen LogP contribution in [0.5, 0.6) is 0 Å². The van der Waals surface area contributed by atoms with Crippen molar-refractivity contribution in [2.75, 3.05) is 14.2 Å². The maximum absolute atomic E-state index is 12.5. The molecule has 0 aromatic rings. The van der Waals surface area contributed by atoms with Gasteiger partial charge in [0.2, 0.25) is 5.83 Å². The molecule has 0 radical (unpaired) electrons. The molecule has 0 N–H and O–H groups in total. The minimum Gasteiger partial charge on any atom is -0.466 e. The summed E-state index contributed by atoms with van der Waals surface area (Å²) in [6, 6.07) is 0. The molecule has 13 heavy (non-hydrogen) atoms. The van der Waals surface area contributed by atoms with Gasteiger partial charge in [-0.15, -0.1) is 0 Å². The number of allylic oxidation sites excluding steroid dienone is 2. The van der Waals surface area contributed by atoms with Crippen molar-refractivity contribution in [2.45, 2.75) is 0 Å². The zero-order chi connectivity index (χ0) is 10.3. The Labute approximate surface area is 74.6 Å². The van der Waals surface area contributed by atoms with E-state index in [1.165, 1.54) is 7.11 Å². The summed E-state index contributed by atoms with van der Waals surface area (Å²) >= 11 is 0. The normalized spacial score (nSPS) is 11.5. The van der Waals surface area contributed by atoms with E-state index in [0.717, 1.165) is 25.3 Å². The predicted octanol–water partition coefficient (Wildman–Crippen LogP) is 0.742. The van der Waals surface area contributed by atoms with Crippen molar-refractivity contribution in [1.29, 1.82) is 0 Å². The van der Waals surface area contributed by atoms with Crippen LogP contribution in [0.4, 0.5) is 4.39 Å². The monoisotopic (exact) mass is 188 g/mol. The van der Waals surface area contributed by atoms with Crippen molar-refractivity contribution in [3.05, 3.63) is 24.1 Å². The molecule has 0 bridgehead atoms. The first-order valence-corrected chi connectivity index (χ1v) is 3.32. The molecule has 0 saturated heterocycles. The highest BCUT2D eigenvalue weighted by molar-refractivity contribution is 5.87. The molecule has 0 spiro atoms. The number of carbonyl (C=O) groups is 2. The van der Waals surface area contributed by atoms with Gasteiger partial charge in [-0.05, 0) is 6.08 Å². The number of rotatable bonds is 3. The van der Waals surface area contributed by atoms with Gasteiger partial charge in [0.1, 0.15) is 0 Å². The fourth-order valence-corrected chi connectivity index (χ4v) is 0.445. The lowest BCUT2D eigenvalue weighted by Gasteiger charge is -1.91. The van der Waals surface area contributed by atoms with Crippen LogP contribution in [-0.4, -0.2) is 26.2 Å². The van der Waals surface area contributed by atoms with E-state index >= 15 is 0 Å². The second-order valence-corrected chi connectivity index (χ2v) is 1.89. The summed E-state index contributed by atoms with van der Waals surface area (Å²) in [5.74, 6) is -2.80. The van der Waals surface area contributed by atoms with Gasteiger partial charge in [-0.2, -0.15) is 4.39 Å². The van der Waals surface area contributed by atoms with Crippen LogP contribution >= 0.6 is 0 Å². The van der Waals surface area contributed by atoms with Gasteiger partial charge in [0.15, 0.2) is 0 Å². The van der Waals surface area contributed by atoms with Gasteiger partial charge in [0.05, 0.1) is 14.2 Å². The van der Waals surface area contributed by atoms with E-state index in [1.807, 2.05) is 0 Å². The van der Waals surface area contributed by atoms with Gasteiger partial charge in [0.25, 0.3) is 0 Å². The topological polar surface area (TPSA) is 52.6 Å². The molecule has 0 atom stereocenters. The third kappa shape index (κ3) is 4.73. The molecule has 0 aliphatic carbocycles. The third-order valence-electron chi connectivity index (χ3n) is 1.06. The first-order valence-electron chi connectivity index (χ1n) is 3.32. The molecule has 0 aromatic carbocycles. The highest BCUT2D eigenvalue weighted by atomic mass is 19.1. The number of methoxy groups -OCH3 is 2. The summed E-state index contributed by atoms with van der Waals surface area (Å²) in [5, 5.41) is 0. The van der Waals surface area contributed by atoms with Crippen molar-refractivity contribution >= 4 is 11.9 Å². The number of carbonyl (C=O) groups excluding carboxylic acids is 2. The Morgan fingerprint density at radius 1 is 1.23 bits per heavy atom. The van der Waals surface area contributed by atoms with Gasteiger partial charge in [-0.3, -0.25) is 0 Å². The van der Waals surface area contributed by atoms with E-state index in [-0.39, 0.29) is 0 Å². The molecule has 0 rings (SSSR count). The Bertz CT molecular complexity index is 255. The maximum Gasteiger partial charge on any atom is 0.366 e. The summed E-state index contributed by atoms with van der Waals surface area (Å²) in [7, 11) is 2.24. The number of esters is 2. The first-order chi connectivity index (χ1) is 6.11. The Balaban J connectivity index is 4.18. The predicted molar refractivity (Wildman–Crippen MR) is 42.4 cm³/mol. The minimum atomic E-state index is -1.09. The summed E-state index contributed by atoms with van der Waals surface area (Å²) in [4.78, 5) is 20.9. The van der Waals surface area contributed by atoms with Crippen LogP contribution < -0.4 is 0 Å². The lowest BCUT2D eigenvalue weighted by Crippen LogP contribution is -1.99. The molecule has 0 unspecified atom stereocenters. The molecule has 0 amide bonds. The standard InChI is InChI=1S/C8H9FO4/c1-12-7(10)5-3-4-6(9)8(11)13-2/h3-5H,1-2H3/b5-3-,6-4+. The SMILES string of the molecule is COC(=O)/C=C\C=C(\F)C(=O)OC. The second-order valence-electron chi connectivity index (χ2n) is 1.89. The number of hydrogen-bond acceptors (Lipinski definition) is 4. The molecule has 72 valence electrons. The zero-order valence-corrected chi connectivity index (χ0v) is 7.24. The molecule has 0 aliphatic rings. The summed E-state index contributed by atoms with van der Waals surface area (Å²) in [5.41, 5.74) is 0. The molecule has 0 fully saturated rings. The van der Waals surface area contributed by atoms with Gasteiger partial charge < -0.3 is 9.47 Å². The molecule has 4 nitrogen and oxygen atoms in total. The Morgan fingerprint density at radius 2 is 1.85 bits per heavy atom. The fourth-order valence-electron chi connectivity index (χ4n) is 0.445. The zero-order valence-electron chi connectivity index (χ0n) is 7.24. The average Bonchev–Trinajstić information content (AvgIpc) is 2.15. The van der Waals surface area contributed by atoms with Crippen molar-refractivity contribution < 1.29 is 23.5 Å². The average molecular weight is 188 g/mol. The Kier molecular flexibility index (Phi) is 5.18. The van der Waals surface area contributed by atoms with Crippen LogP contribution in [0.3, 0.4) is 0 Å². The number of ether oxygens (including phenoxy) is 2. The van der Waals surface area contributed by atoms with E-state index in [9.17, 15) is 14.0 Å². The van der Waals surface area contributed by atoms with Crippen molar-refractivity contribution in [3.8, 4) is 0 Å². The Morgan fingerprint density at radius 3 is 2.31 bits per heavy atom. The van der Waals surface area contributed by atoms with Crippen LogP contribution in [0.15, 0.2) is 24.1 Å². The van der Waals surface area contributed by atoms with Gasteiger partial charge in [0, 0.05) is 6.08 Å². The van der Waals surface area contributed by atoms with Crippen LogP contribution in [0, 0.1) is 0 Å². The van der Waals surface area contributed by atoms with Gasteiger partial charge in [-0.25, -0.2) is 9.59 Å². The third-order valence-corrected chi connectivity index (χ3v) is 1.06. The summed E-state index contributed by atoms with van der Waals surface area (Å²) in [6.07, 6.45) is 2.84. The highest BCUT2D eigenvalue weighted by Gasteiger charge is 2.05.